The second kappa shape index (κ2) is 5.22. The lowest BCUT2D eigenvalue weighted by Gasteiger charge is -2.36. The van der Waals surface area contributed by atoms with Crippen molar-refractivity contribution < 1.29 is 4.39 Å². The molecule has 0 aliphatic carbocycles. The van der Waals surface area contributed by atoms with Gasteiger partial charge in [0.05, 0.1) is 5.69 Å². The molecule has 1 aliphatic rings. The smallest absolute Gasteiger partial charge is 0.146 e. The Morgan fingerprint density at radius 3 is 2.37 bits per heavy atom. The van der Waals surface area contributed by atoms with Crippen LogP contribution in [0.15, 0.2) is 42.9 Å². The SMILES string of the molecule is Fc1ccccc1N1CCN(c2ccncn2)CC1. The molecule has 1 aromatic heterocycles. The quantitative estimate of drug-likeness (QED) is 0.824. The summed E-state index contributed by atoms with van der Waals surface area (Å²) < 4.78 is 13.7. The zero-order valence-corrected chi connectivity index (χ0v) is 10.5. The van der Waals surface area contributed by atoms with Crippen molar-refractivity contribution in [2.24, 2.45) is 0 Å². The van der Waals surface area contributed by atoms with Gasteiger partial charge in [-0.3, -0.25) is 0 Å². The van der Waals surface area contributed by atoms with Crippen molar-refractivity contribution in [3.8, 4) is 0 Å². The third kappa shape index (κ3) is 2.50. The Hall–Kier alpha value is -2.17. The fourth-order valence-electron chi connectivity index (χ4n) is 2.36. The van der Waals surface area contributed by atoms with Crippen LogP contribution in [0.4, 0.5) is 15.9 Å². The van der Waals surface area contributed by atoms with E-state index < -0.39 is 0 Å². The van der Waals surface area contributed by atoms with Crippen LogP contribution in [0, 0.1) is 5.82 Å². The monoisotopic (exact) mass is 258 g/mol. The summed E-state index contributed by atoms with van der Waals surface area (Å²) in [5.74, 6) is 0.779. The Kier molecular flexibility index (Phi) is 3.27. The normalized spacial score (nSPS) is 15.6. The fraction of sp³-hybridized carbons (Fsp3) is 0.286. The van der Waals surface area contributed by atoms with Gasteiger partial charge in [0, 0.05) is 32.4 Å². The lowest BCUT2D eigenvalue weighted by Crippen LogP contribution is -2.47. The van der Waals surface area contributed by atoms with E-state index in [1.165, 1.54) is 6.07 Å². The maximum Gasteiger partial charge on any atom is 0.146 e. The third-order valence-electron chi connectivity index (χ3n) is 3.36. The number of para-hydroxylation sites is 1. The molecule has 1 aliphatic heterocycles. The van der Waals surface area contributed by atoms with Crippen LogP contribution in [0.1, 0.15) is 0 Å². The van der Waals surface area contributed by atoms with Gasteiger partial charge in [0.1, 0.15) is 18.0 Å². The van der Waals surface area contributed by atoms with E-state index in [-0.39, 0.29) is 5.82 Å². The van der Waals surface area contributed by atoms with E-state index >= 15 is 0 Å². The summed E-state index contributed by atoms with van der Waals surface area (Å²) in [4.78, 5) is 12.4. The summed E-state index contributed by atoms with van der Waals surface area (Å²) in [7, 11) is 0. The van der Waals surface area contributed by atoms with Gasteiger partial charge in [-0.2, -0.15) is 0 Å². The first-order valence-corrected chi connectivity index (χ1v) is 6.35. The van der Waals surface area contributed by atoms with Crippen LogP contribution >= 0.6 is 0 Å². The van der Waals surface area contributed by atoms with Crippen molar-refractivity contribution in [3.05, 3.63) is 48.7 Å². The van der Waals surface area contributed by atoms with Crippen LogP contribution in [0.2, 0.25) is 0 Å². The number of piperazine rings is 1. The zero-order valence-electron chi connectivity index (χ0n) is 10.5. The summed E-state index contributed by atoms with van der Waals surface area (Å²) in [6, 6.07) is 8.83. The Balaban J connectivity index is 1.69. The third-order valence-corrected chi connectivity index (χ3v) is 3.36. The van der Waals surface area contributed by atoms with E-state index in [1.54, 1.807) is 18.6 Å². The molecule has 0 radical (unpaired) electrons. The molecule has 0 unspecified atom stereocenters. The van der Waals surface area contributed by atoms with Gasteiger partial charge in [-0.15, -0.1) is 0 Å². The number of rotatable bonds is 2. The Morgan fingerprint density at radius 1 is 0.947 bits per heavy atom. The second-order valence-electron chi connectivity index (χ2n) is 4.49. The molecule has 4 nitrogen and oxygen atoms in total. The molecular weight excluding hydrogens is 243 g/mol. The molecule has 2 aromatic rings. The van der Waals surface area contributed by atoms with Crippen molar-refractivity contribution in [1.29, 1.82) is 0 Å². The van der Waals surface area contributed by atoms with E-state index in [4.69, 9.17) is 0 Å². The Bertz CT molecular complexity index is 538. The van der Waals surface area contributed by atoms with Gasteiger partial charge >= 0.3 is 0 Å². The van der Waals surface area contributed by atoms with Crippen LogP contribution < -0.4 is 9.80 Å². The van der Waals surface area contributed by atoms with Gasteiger partial charge in [0.15, 0.2) is 0 Å². The van der Waals surface area contributed by atoms with Gasteiger partial charge in [-0.05, 0) is 18.2 Å². The summed E-state index contributed by atoms with van der Waals surface area (Å²) in [6.45, 7) is 3.27. The number of halogens is 1. The van der Waals surface area contributed by atoms with Crippen LogP contribution in [-0.4, -0.2) is 36.1 Å². The maximum atomic E-state index is 13.7. The van der Waals surface area contributed by atoms with Crippen LogP contribution in [-0.2, 0) is 0 Å². The molecule has 2 heterocycles. The van der Waals surface area contributed by atoms with Gasteiger partial charge in [-0.1, -0.05) is 12.1 Å². The summed E-state index contributed by atoms with van der Waals surface area (Å²) in [6.07, 6.45) is 3.30. The maximum absolute atomic E-state index is 13.7. The average Bonchev–Trinajstić information content (AvgIpc) is 2.49. The van der Waals surface area contributed by atoms with Crippen LogP contribution in [0.5, 0.6) is 0 Å². The summed E-state index contributed by atoms with van der Waals surface area (Å²) in [5, 5.41) is 0. The molecule has 19 heavy (non-hydrogen) atoms. The first-order chi connectivity index (χ1) is 9.34. The molecule has 0 bridgehead atoms. The van der Waals surface area contributed by atoms with Crippen molar-refractivity contribution >= 4 is 11.5 Å². The Morgan fingerprint density at radius 2 is 1.68 bits per heavy atom. The van der Waals surface area contributed by atoms with Crippen LogP contribution in [0.3, 0.4) is 0 Å². The molecule has 0 amide bonds. The number of aromatic nitrogens is 2. The van der Waals surface area contributed by atoms with E-state index in [2.05, 4.69) is 19.8 Å². The van der Waals surface area contributed by atoms with Crippen molar-refractivity contribution in [3.63, 3.8) is 0 Å². The number of anilines is 2. The highest BCUT2D eigenvalue weighted by molar-refractivity contribution is 5.50. The minimum atomic E-state index is -0.155. The standard InChI is InChI=1S/C14H15FN4/c15-12-3-1-2-4-13(12)18-7-9-19(10-8-18)14-5-6-16-11-17-14/h1-6,11H,7-10H2. The molecule has 0 saturated carbocycles. The molecule has 5 heteroatoms. The summed E-state index contributed by atoms with van der Waals surface area (Å²) in [5.41, 5.74) is 0.685. The van der Waals surface area contributed by atoms with Gasteiger partial charge in [0.25, 0.3) is 0 Å². The minimum Gasteiger partial charge on any atom is -0.366 e. The first-order valence-electron chi connectivity index (χ1n) is 6.35. The first kappa shape index (κ1) is 11.9. The topological polar surface area (TPSA) is 32.3 Å². The van der Waals surface area contributed by atoms with Crippen LogP contribution in [0.25, 0.3) is 0 Å². The molecule has 0 spiro atoms. The number of nitrogens with zero attached hydrogens (tertiary/aromatic N) is 4. The van der Waals surface area contributed by atoms with Gasteiger partial charge in [0.2, 0.25) is 0 Å². The highest BCUT2D eigenvalue weighted by Crippen LogP contribution is 2.21. The highest BCUT2D eigenvalue weighted by atomic mass is 19.1. The minimum absolute atomic E-state index is 0.155. The Labute approximate surface area is 111 Å². The predicted molar refractivity (Wildman–Crippen MR) is 72.9 cm³/mol. The molecular formula is C14H15FN4. The van der Waals surface area contributed by atoms with Crippen molar-refractivity contribution in [2.75, 3.05) is 36.0 Å². The molecule has 3 rings (SSSR count). The average molecular weight is 258 g/mol. The van der Waals surface area contributed by atoms with E-state index in [1.807, 2.05) is 18.2 Å². The zero-order chi connectivity index (χ0) is 13.1. The number of benzene rings is 1. The number of hydrogen-bond donors (Lipinski definition) is 0. The predicted octanol–water partition coefficient (Wildman–Crippen LogP) is 1.94. The van der Waals surface area contributed by atoms with Gasteiger partial charge in [-0.25, -0.2) is 14.4 Å². The van der Waals surface area contributed by atoms with Gasteiger partial charge < -0.3 is 9.80 Å². The fourth-order valence-corrected chi connectivity index (χ4v) is 2.36. The molecule has 1 aromatic carbocycles. The highest BCUT2D eigenvalue weighted by Gasteiger charge is 2.19. The van der Waals surface area contributed by atoms with E-state index in [0.29, 0.717) is 5.69 Å². The van der Waals surface area contributed by atoms with E-state index in [9.17, 15) is 4.39 Å². The lowest BCUT2D eigenvalue weighted by molar-refractivity contribution is 0.596. The second-order valence-corrected chi connectivity index (χ2v) is 4.49. The molecule has 98 valence electrons. The molecule has 0 N–H and O–H groups in total. The van der Waals surface area contributed by atoms with Crippen molar-refractivity contribution in [2.45, 2.75) is 0 Å². The van der Waals surface area contributed by atoms with E-state index in [0.717, 1.165) is 32.0 Å². The lowest BCUT2D eigenvalue weighted by atomic mass is 10.2. The molecule has 1 saturated heterocycles. The molecule has 0 atom stereocenters. The summed E-state index contributed by atoms with van der Waals surface area (Å²) >= 11 is 0. The largest absolute Gasteiger partial charge is 0.366 e. The van der Waals surface area contributed by atoms with Crippen molar-refractivity contribution in [1.82, 2.24) is 9.97 Å². The molecule has 1 fully saturated rings. The number of hydrogen-bond acceptors (Lipinski definition) is 4.